The zero-order chi connectivity index (χ0) is 20.8. The van der Waals surface area contributed by atoms with Crippen molar-refractivity contribution in [3.63, 3.8) is 0 Å². The Hall–Kier alpha value is -3.33. The van der Waals surface area contributed by atoms with Gasteiger partial charge in [0, 0.05) is 12.7 Å². The largest absolute Gasteiger partial charge is 0.496 e. The molecule has 1 aromatic heterocycles. The number of para-hydroxylation sites is 1. The Kier molecular flexibility index (Phi) is 6.50. The molecule has 0 unspecified atom stereocenters. The van der Waals surface area contributed by atoms with E-state index in [1.807, 2.05) is 35.9 Å². The minimum absolute atomic E-state index is 0.163. The maximum atomic E-state index is 12.2. The molecular formula is C20H20N4O4S. The zero-order valence-electron chi connectivity index (χ0n) is 16.2. The van der Waals surface area contributed by atoms with Crippen molar-refractivity contribution in [1.82, 2.24) is 14.8 Å². The minimum Gasteiger partial charge on any atom is -0.496 e. The molecule has 0 aliphatic carbocycles. The number of methoxy groups -OCH3 is 2. The first-order chi connectivity index (χ1) is 14.0. The van der Waals surface area contributed by atoms with Crippen molar-refractivity contribution < 1.29 is 19.1 Å². The van der Waals surface area contributed by atoms with Gasteiger partial charge in [-0.05, 0) is 36.4 Å². The standard InChI is InChI=1S/C20H20N4O4S/c1-24-18(15-6-4-5-7-16(15)27-2)22-23-20(24)29-12-17(25)21-14-10-8-13(9-11-14)19(26)28-3/h4-11H,12H2,1-3H3,(H,21,25). The molecule has 0 bridgehead atoms. The second-order valence-electron chi connectivity index (χ2n) is 5.97. The Bertz CT molecular complexity index is 1020. The van der Waals surface area contributed by atoms with E-state index in [4.69, 9.17) is 4.74 Å². The van der Waals surface area contributed by atoms with Gasteiger partial charge in [0.15, 0.2) is 11.0 Å². The SMILES string of the molecule is COC(=O)c1ccc(NC(=O)CSc2nnc(-c3ccccc3OC)n2C)cc1. The molecule has 0 atom stereocenters. The van der Waals surface area contributed by atoms with Crippen LogP contribution in [0.15, 0.2) is 53.7 Å². The fourth-order valence-electron chi connectivity index (χ4n) is 2.64. The highest BCUT2D eigenvalue weighted by atomic mass is 32.2. The molecular weight excluding hydrogens is 392 g/mol. The molecule has 0 saturated heterocycles. The van der Waals surface area contributed by atoms with Crippen molar-refractivity contribution in [3.8, 4) is 17.1 Å². The van der Waals surface area contributed by atoms with Crippen LogP contribution >= 0.6 is 11.8 Å². The van der Waals surface area contributed by atoms with Crippen molar-refractivity contribution in [2.75, 3.05) is 25.3 Å². The molecule has 1 N–H and O–H groups in total. The van der Waals surface area contributed by atoms with Crippen molar-refractivity contribution in [2.24, 2.45) is 7.05 Å². The summed E-state index contributed by atoms with van der Waals surface area (Å²) in [6, 6.07) is 14.0. The Morgan fingerprint density at radius 1 is 1.07 bits per heavy atom. The third-order valence-electron chi connectivity index (χ3n) is 4.10. The topological polar surface area (TPSA) is 95.3 Å². The number of hydrogen-bond donors (Lipinski definition) is 1. The summed E-state index contributed by atoms with van der Waals surface area (Å²) in [5, 5.41) is 11.8. The van der Waals surface area contributed by atoms with Gasteiger partial charge in [-0.15, -0.1) is 10.2 Å². The molecule has 150 valence electrons. The predicted octanol–water partition coefficient (Wildman–Crippen LogP) is 3.01. The van der Waals surface area contributed by atoms with Crippen LogP contribution in [0, 0.1) is 0 Å². The molecule has 1 heterocycles. The summed E-state index contributed by atoms with van der Waals surface area (Å²) in [6.07, 6.45) is 0. The van der Waals surface area contributed by atoms with Gasteiger partial charge in [0.1, 0.15) is 5.75 Å². The molecule has 8 nitrogen and oxygen atoms in total. The average Bonchev–Trinajstić information content (AvgIpc) is 3.12. The van der Waals surface area contributed by atoms with Crippen LogP contribution in [-0.2, 0) is 16.6 Å². The van der Waals surface area contributed by atoms with E-state index < -0.39 is 5.97 Å². The lowest BCUT2D eigenvalue weighted by atomic mass is 10.2. The Morgan fingerprint density at radius 3 is 2.48 bits per heavy atom. The number of nitrogens with one attached hydrogen (secondary N) is 1. The number of aromatic nitrogens is 3. The number of hydrogen-bond acceptors (Lipinski definition) is 7. The number of carbonyl (C=O) groups excluding carboxylic acids is 2. The molecule has 0 radical (unpaired) electrons. The molecule has 0 fully saturated rings. The first-order valence-corrected chi connectivity index (χ1v) is 9.66. The number of carbonyl (C=O) groups is 2. The van der Waals surface area contributed by atoms with Crippen LogP contribution in [0.25, 0.3) is 11.4 Å². The van der Waals surface area contributed by atoms with Gasteiger partial charge in [-0.1, -0.05) is 23.9 Å². The molecule has 1 amide bonds. The number of ether oxygens (including phenoxy) is 2. The van der Waals surface area contributed by atoms with E-state index in [1.54, 1.807) is 31.4 Å². The molecule has 0 spiro atoms. The highest BCUT2D eigenvalue weighted by Crippen LogP contribution is 2.30. The number of nitrogens with zero attached hydrogens (tertiary/aromatic N) is 3. The van der Waals surface area contributed by atoms with E-state index in [1.165, 1.54) is 18.9 Å². The first kappa shape index (κ1) is 20.4. The summed E-state index contributed by atoms with van der Waals surface area (Å²) >= 11 is 1.28. The second-order valence-corrected chi connectivity index (χ2v) is 6.91. The van der Waals surface area contributed by atoms with Gasteiger partial charge in [0.2, 0.25) is 5.91 Å². The van der Waals surface area contributed by atoms with Gasteiger partial charge in [-0.3, -0.25) is 4.79 Å². The van der Waals surface area contributed by atoms with E-state index in [-0.39, 0.29) is 11.7 Å². The molecule has 0 aliphatic rings. The average molecular weight is 412 g/mol. The lowest BCUT2D eigenvalue weighted by Gasteiger charge is -2.08. The van der Waals surface area contributed by atoms with E-state index in [0.717, 1.165) is 5.56 Å². The fourth-order valence-corrected chi connectivity index (χ4v) is 3.35. The molecule has 0 saturated carbocycles. The number of anilines is 1. The van der Waals surface area contributed by atoms with Crippen LogP contribution in [0.3, 0.4) is 0 Å². The number of amides is 1. The van der Waals surface area contributed by atoms with Crippen LogP contribution in [0.2, 0.25) is 0 Å². The summed E-state index contributed by atoms with van der Waals surface area (Å²) in [6.45, 7) is 0. The lowest BCUT2D eigenvalue weighted by molar-refractivity contribution is -0.113. The number of esters is 1. The van der Waals surface area contributed by atoms with E-state index >= 15 is 0 Å². The van der Waals surface area contributed by atoms with E-state index in [2.05, 4.69) is 20.3 Å². The molecule has 3 rings (SSSR count). The van der Waals surface area contributed by atoms with Crippen LogP contribution in [0.5, 0.6) is 5.75 Å². The Balaban J connectivity index is 1.62. The number of benzene rings is 2. The highest BCUT2D eigenvalue weighted by Gasteiger charge is 2.16. The summed E-state index contributed by atoms with van der Waals surface area (Å²) in [5.41, 5.74) is 1.84. The van der Waals surface area contributed by atoms with Crippen LogP contribution in [0.4, 0.5) is 5.69 Å². The van der Waals surface area contributed by atoms with Crippen molar-refractivity contribution in [1.29, 1.82) is 0 Å². The maximum Gasteiger partial charge on any atom is 0.337 e. The number of rotatable bonds is 7. The highest BCUT2D eigenvalue weighted by molar-refractivity contribution is 7.99. The minimum atomic E-state index is -0.424. The summed E-state index contributed by atoms with van der Waals surface area (Å²) in [5.74, 6) is 0.905. The molecule has 0 aliphatic heterocycles. The smallest absolute Gasteiger partial charge is 0.337 e. The monoisotopic (exact) mass is 412 g/mol. The molecule has 9 heteroatoms. The van der Waals surface area contributed by atoms with Crippen molar-refractivity contribution in [2.45, 2.75) is 5.16 Å². The van der Waals surface area contributed by atoms with Gasteiger partial charge in [-0.2, -0.15) is 0 Å². The van der Waals surface area contributed by atoms with Gasteiger partial charge >= 0.3 is 5.97 Å². The predicted molar refractivity (Wildman–Crippen MR) is 110 cm³/mol. The quantitative estimate of drug-likeness (QED) is 0.471. The summed E-state index contributed by atoms with van der Waals surface area (Å²) in [4.78, 5) is 23.7. The Labute approximate surface area is 172 Å². The Morgan fingerprint density at radius 2 is 1.79 bits per heavy atom. The van der Waals surface area contributed by atoms with Crippen molar-refractivity contribution >= 4 is 29.3 Å². The summed E-state index contributed by atoms with van der Waals surface area (Å²) < 4.78 is 11.9. The lowest BCUT2D eigenvalue weighted by Crippen LogP contribution is -2.14. The van der Waals surface area contributed by atoms with Crippen LogP contribution in [0.1, 0.15) is 10.4 Å². The third kappa shape index (κ3) is 4.75. The molecule has 2 aromatic carbocycles. The second kappa shape index (κ2) is 9.24. The zero-order valence-corrected chi connectivity index (χ0v) is 17.0. The number of thioether (sulfide) groups is 1. The normalized spacial score (nSPS) is 10.4. The van der Waals surface area contributed by atoms with Crippen molar-refractivity contribution in [3.05, 3.63) is 54.1 Å². The van der Waals surface area contributed by atoms with Crippen LogP contribution in [-0.4, -0.2) is 46.6 Å². The molecule has 3 aromatic rings. The fraction of sp³-hybridized carbons (Fsp3) is 0.200. The van der Waals surface area contributed by atoms with Crippen LogP contribution < -0.4 is 10.1 Å². The van der Waals surface area contributed by atoms with E-state index in [9.17, 15) is 9.59 Å². The van der Waals surface area contributed by atoms with Gasteiger partial charge < -0.3 is 19.4 Å². The van der Waals surface area contributed by atoms with Gasteiger partial charge in [0.25, 0.3) is 0 Å². The first-order valence-electron chi connectivity index (χ1n) is 8.67. The summed E-state index contributed by atoms with van der Waals surface area (Å²) in [7, 11) is 4.77. The third-order valence-corrected chi connectivity index (χ3v) is 5.13. The van der Waals surface area contributed by atoms with Gasteiger partial charge in [-0.25, -0.2) is 4.79 Å². The molecule has 29 heavy (non-hydrogen) atoms. The maximum absolute atomic E-state index is 12.2. The van der Waals surface area contributed by atoms with Gasteiger partial charge in [0.05, 0.1) is 31.1 Å². The van der Waals surface area contributed by atoms with E-state index in [0.29, 0.717) is 28.0 Å².